The van der Waals surface area contributed by atoms with Crippen LogP contribution in [0.1, 0.15) is 43.7 Å². The number of nitrogens with one attached hydrogen (secondary N) is 2. The van der Waals surface area contributed by atoms with E-state index in [2.05, 4.69) is 10.6 Å². The Kier molecular flexibility index (Phi) is 7.46. The molecule has 1 aromatic rings. The molecule has 5 nitrogen and oxygen atoms in total. The molecule has 0 radical (unpaired) electrons. The molecule has 1 aromatic carbocycles. The van der Waals surface area contributed by atoms with Crippen LogP contribution in [0.15, 0.2) is 24.3 Å². The Morgan fingerprint density at radius 1 is 1.19 bits per heavy atom. The Morgan fingerprint density at radius 2 is 1.86 bits per heavy atom. The molecule has 0 fully saturated rings. The van der Waals surface area contributed by atoms with E-state index in [9.17, 15) is 9.59 Å². The van der Waals surface area contributed by atoms with Crippen LogP contribution in [0.2, 0.25) is 0 Å². The van der Waals surface area contributed by atoms with Crippen molar-refractivity contribution in [3.05, 3.63) is 35.4 Å². The summed E-state index contributed by atoms with van der Waals surface area (Å²) in [7, 11) is 0. The van der Waals surface area contributed by atoms with Crippen LogP contribution in [-0.4, -0.2) is 30.1 Å². The standard InChI is InChI=1S/C16H24N2O3/c1-3-9-18-15(19)8-10-17-11-13-4-6-14(7-5-13)12(2)16(20)21/h4-7,12,17H,3,8-11H2,1-2H3,(H,18,19)(H,20,21). The predicted molar refractivity (Wildman–Crippen MR) is 82.1 cm³/mol. The number of carboxylic acid groups (broad SMARTS) is 1. The Balaban J connectivity index is 2.30. The minimum absolute atomic E-state index is 0.0648. The summed E-state index contributed by atoms with van der Waals surface area (Å²) < 4.78 is 0. The van der Waals surface area contributed by atoms with Crippen molar-refractivity contribution in [2.24, 2.45) is 0 Å². The molecule has 116 valence electrons. The summed E-state index contributed by atoms with van der Waals surface area (Å²) in [5, 5.41) is 15.0. The minimum atomic E-state index is -0.820. The quantitative estimate of drug-likeness (QED) is 0.607. The largest absolute Gasteiger partial charge is 0.481 e. The number of rotatable bonds is 9. The fourth-order valence-corrected chi connectivity index (χ4v) is 1.85. The zero-order chi connectivity index (χ0) is 15.7. The molecule has 0 aromatic heterocycles. The first kappa shape index (κ1) is 17.2. The van der Waals surface area contributed by atoms with Crippen LogP contribution in [0.5, 0.6) is 0 Å². The number of benzene rings is 1. The minimum Gasteiger partial charge on any atom is -0.481 e. The lowest BCUT2D eigenvalue weighted by molar-refractivity contribution is -0.138. The third kappa shape index (κ3) is 6.40. The number of aliphatic carboxylic acids is 1. The number of carboxylic acids is 1. The highest BCUT2D eigenvalue weighted by Gasteiger charge is 2.12. The molecule has 0 bridgehead atoms. The lowest BCUT2D eigenvalue weighted by Gasteiger charge is -2.09. The van der Waals surface area contributed by atoms with Gasteiger partial charge in [0, 0.05) is 26.1 Å². The lowest BCUT2D eigenvalue weighted by Crippen LogP contribution is -2.28. The molecule has 1 amide bonds. The van der Waals surface area contributed by atoms with Gasteiger partial charge in [-0.2, -0.15) is 0 Å². The molecule has 0 heterocycles. The predicted octanol–water partition coefficient (Wildman–Crippen LogP) is 1.88. The highest BCUT2D eigenvalue weighted by Crippen LogP contribution is 2.15. The molecule has 0 aliphatic carbocycles. The molecule has 5 heteroatoms. The Labute approximate surface area is 125 Å². The number of hydrogen-bond acceptors (Lipinski definition) is 3. The van der Waals surface area contributed by atoms with Crippen molar-refractivity contribution in [2.45, 2.75) is 39.2 Å². The van der Waals surface area contributed by atoms with E-state index in [0.717, 1.165) is 24.1 Å². The smallest absolute Gasteiger partial charge is 0.310 e. The summed E-state index contributed by atoms with van der Waals surface area (Å²) in [4.78, 5) is 22.3. The van der Waals surface area contributed by atoms with Crippen LogP contribution in [0, 0.1) is 0 Å². The van der Waals surface area contributed by atoms with E-state index in [1.54, 1.807) is 6.92 Å². The van der Waals surface area contributed by atoms with Gasteiger partial charge < -0.3 is 15.7 Å². The number of hydrogen-bond donors (Lipinski definition) is 3. The first-order valence-corrected chi connectivity index (χ1v) is 7.33. The molecule has 1 rings (SSSR count). The summed E-state index contributed by atoms with van der Waals surface area (Å²) in [6, 6.07) is 7.51. The summed E-state index contributed by atoms with van der Waals surface area (Å²) in [6.45, 7) is 5.71. The fourth-order valence-electron chi connectivity index (χ4n) is 1.85. The second kappa shape index (κ2) is 9.13. The topological polar surface area (TPSA) is 78.4 Å². The maximum absolute atomic E-state index is 11.4. The van der Waals surface area contributed by atoms with Gasteiger partial charge in [0.25, 0.3) is 0 Å². The van der Waals surface area contributed by atoms with E-state index < -0.39 is 11.9 Å². The van der Waals surface area contributed by atoms with E-state index in [-0.39, 0.29) is 5.91 Å². The zero-order valence-electron chi connectivity index (χ0n) is 12.7. The maximum atomic E-state index is 11.4. The fraction of sp³-hybridized carbons (Fsp3) is 0.500. The van der Waals surface area contributed by atoms with E-state index in [0.29, 0.717) is 19.5 Å². The molecular formula is C16H24N2O3. The summed E-state index contributed by atoms with van der Waals surface area (Å²) >= 11 is 0. The Hall–Kier alpha value is -1.88. The van der Waals surface area contributed by atoms with Gasteiger partial charge in [-0.25, -0.2) is 0 Å². The molecule has 0 saturated heterocycles. The summed E-state index contributed by atoms with van der Waals surface area (Å²) in [5.74, 6) is -1.25. The van der Waals surface area contributed by atoms with Crippen molar-refractivity contribution < 1.29 is 14.7 Å². The third-order valence-corrected chi connectivity index (χ3v) is 3.28. The van der Waals surface area contributed by atoms with Crippen LogP contribution in [-0.2, 0) is 16.1 Å². The molecule has 1 atom stereocenters. The summed E-state index contributed by atoms with van der Waals surface area (Å²) in [5.41, 5.74) is 1.87. The van der Waals surface area contributed by atoms with Crippen LogP contribution in [0.4, 0.5) is 0 Å². The second-order valence-electron chi connectivity index (χ2n) is 5.08. The molecule has 0 aliphatic heterocycles. The first-order valence-electron chi connectivity index (χ1n) is 7.33. The molecule has 0 saturated carbocycles. The van der Waals surface area contributed by atoms with Crippen LogP contribution in [0.3, 0.4) is 0 Å². The normalized spacial score (nSPS) is 11.9. The van der Waals surface area contributed by atoms with Crippen molar-refractivity contribution in [3.8, 4) is 0 Å². The van der Waals surface area contributed by atoms with E-state index in [4.69, 9.17) is 5.11 Å². The molecule has 3 N–H and O–H groups in total. The number of carbonyl (C=O) groups excluding carboxylic acids is 1. The van der Waals surface area contributed by atoms with E-state index >= 15 is 0 Å². The average molecular weight is 292 g/mol. The second-order valence-corrected chi connectivity index (χ2v) is 5.08. The van der Waals surface area contributed by atoms with Gasteiger partial charge in [-0.3, -0.25) is 9.59 Å². The van der Waals surface area contributed by atoms with Crippen molar-refractivity contribution in [1.82, 2.24) is 10.6 Å². The zero-order valence-corrected chi connectivity index (χ0v) is 12.7. The van der Waals surface area contributed by atoms with Gasteiger partial charge >= 0.3 is 5.97 Å². The van der Waals surface area contributed by atoms with Gasteiger partial charge in [0.15, 0.2) is 0 Å². The van der Waals surface area contributed by atoms with Crippen LogP contribution < -0.4 is 10.6 Å². The average Bonchev–Trinajstić information content (AvgIpc) is 2.49. The lowest BCUT2D eigenvalue weighted by atomic mass is 10.0. The number of carbonyl (C=O) groups is 2. The molecule has 21 heavy (non-hydrogen) atoms. The Bertz CT molecular complexity index is 457. The third-order valence-electron chi connectivity index (χ3n) is 3.28. The van der Waals surface area contributed by atoms with Crippen molar-refractivity contribution in [3.63, 3.8) is 0 Å². The van der Waals surface area contributed by atoms with Gasteiger partial charge in [0.05, 0.1) is 5.92 Å². The molecule has 0 spiro atoms. The van der Waals surface area contributed by atoms with Crippen LogP contribution in [0.25, 0.3) is 0 Å². The SMILES string of the molecule is CCCNC(=O)CCNCc1ccc(C(C)C(=O)O)cc1. The molecule has 0 aliphatic rings. The van der Waals surface area contributed by atoms with Gasteiger partial charge in [0.1, 0.15) is 0 Å². The highest BCUT2D eigenvalue weighted by atomic mass is 16.4. The van der Waals surface area contributed by atoms with Gasteiger partial charge in [-0.1, -0.05) is 31.2 Å². The molecule has 1 unspecified atom stereocenters. The van der Waals surface area contributed by atoms with Crippen molar-refractivity contribution in [2.75, 3.05) is 13.1 Å². The van der Waals surface area contributed by atoms with Crippen molar-refractivity contribution in [1.29, 1.82) is 0 Å². The van der Waals surface area contributed by atoms with Crippen LogP contribution >= 0.6 is 0 Å². The van der Waals surface area contributed by atoms with E-state index in [1.165, 1.54) is 0 Å². The Morgan fingerprint density at radius 3 is 2.43 bits per heavy atom. The molecular weight excluding hydrogens is 268 g/mol. The van der Waals surface area contributed by atoms with Gasteiger partial charge in [-0.15, -0.1) is 0 Å². The van der Waals surface area contributed by atoms with Crippen molar-refractivity contribution >= 4 is 11.9 Å². The first-order chi connectivity index (χ1) is 10.0. The summed E-state index contributed by atoms with van der Waals surface area (Å²) in [6.07, 6.45) is 1.41. The number of amides is 1. The van der Waals surface area contributed by atoms with Gasteiger partial charge in [-0.05, 0) is 24.5 Å². The highest BCUT2D eigenvalue weighted by molar-refractivity contribution is 5.76. The monoisotopic (exact) mass is 292 g/mol. The van der Waals surface area contributed by atoms with Gasteiger partial charge in [0.2, 0.25) is 5.91 Å². The maximum Gasteiger partial charge on any atom is 0.310 e. The van der Waals surface area contributed by atoms with E-state index in [1.807, 2.05) is 31.2 Å².